The molecule has 5 nitrogen and oxygen atoms in total. The van der Waals surface area contributed by atoms with Crippen molar-refractivity contribution in [3.8, 4) is 0 Å². The van der Waals surface area contributed by atoms with Gasteiger partial charge >= 0.3 is 0 Å². The van der Waals surface area contributed by atoms with Gasteiger partial charge in [-0.05, 0) is 44.7 Å². The molecule has 3 heterocycles. The van der Waals surface area contributed by atoms with Gasteiger partial charge in [0, 0.05) is 20.1 Å². The topological polar surface area (TPSA) is 48.9 Å². The highest BCUT2D eigenvalue weighted by Gasteiger charge is 2.41. The van der Waals surface area contributed by atoms with Crippen LogP contribution in [0.25, 0.3) is 0 Å². The Labute approximate surface area is 145 Å². The number of hydrogen-bond acceptors (Lipinski definition) is 3. The van der Waals surface area contributed by atoms with Crippen LogP contribution < -0.4 is 10.6 Å². The first-order valence-corrected chi connectivity index (χ1v) is 8.13. The average Bonchev–Trinajstić information content (AvgIpc) is 3.19. The summed E-state index contributed by atoms with van der Waals surface area (Å²) in [6, 6.07) is 0.454. The minimum Gasteiger partial charge on any atom is -0.373 e. The van der Waals surface area contributed by atoms with Gasteiger partial charge in [0.05, 0.1) is 18.2 Å². The number of halogens is 1. The fraction of sp³-hybridized carbons (Fsp3) is 0.933. The molecule has 3 fully saturated rings. The smallest absolute Gasteiger partial charge is 0.191 e. The van der Waals surface area contributed by atoms with Crippen molar-refractivity contribution in [2.24, 2.45) is 10.9 Å². The number of ether oxygens (including phenoxy) is 1. The van der Waals surface area contributed by atoms with Gasteiger partial charge in [-0.25, -0.2) is 0 Å². The molecule has 3 aliphatic rings. The van der Waals surface area contributed by atoms with Crippen molar-refractivity contribution in [1.29, 1.82) is 0 Å². The fourth-order valence-corrected chi connectivity index (χ4v) is 3.77. The lowest BCUT2D eigenvalue weighted by Gasteiger charge is -2.23. The molecule has 0 amide bonds. The Morgan fingerprint density at radius 2 is 2.19 bits per heavy atom. The van der Waals surface area contributed by atoms with E-state index in [1.165, 1.54) is 38.9 Å². The van der Waals surface area contributed by atoms with Crippen LogP contribution in [0, 0.1) is 5.92 Å². The highest BCUT2D eigenvalue weighted by Crippen LogP contribution is 2.34. The summed E-state index contributed by atoms with van der Waals surface area (Å²) in [4.78, 5) is 6.88. The van der Waals surface area contributed by atoms with Gasteiger partial charge in [-0.2, -0.15) is 0 Å². The maximum absolute atomic E-state index is 5.88. The first-order chi connectivity index (χ1) is 9.78. The van der Waals surface area contributed by atoms with Crippen LogP contribution in [0.4, 0.5) is 0 Å². The van der Waals surface area contributed by atoms with Crippen LogP contribution in [0.15, 0.2) is 4.99 Å². The van der Waals surface area contributed by atoms with Gasteiger partial charge in [-0.1, -0.05) is 6.92 Å². The van der Waals surface area contributed by atoms with E-state index in [0.717, 1.165) is 24.8 Å². The second-order valence-corrected chi connectivity index (χ2v) is 6.36. The van der Waals surface area contributed by atoms with Gasteiger partial charge in [0.2, 0.25) is 0 Å². The molecule has 122 valence electrons. The highest BCUT2D eigenvalue weighted by atomic mass is 127. The summed E-state index contributed by atoms with van der Waals surface area (Å²) in [5.41, 5.74) is 0. The molecule has 0 aromatic rings. The predicted molar refractivity (Wildman–Crippen MR) is 96.4 cm³/mol. The van der Waals surface area contributed by atoms with Crippen LogP contribution in [0.2, 0.25) is 0 Å². The standard InChI is InChI=1S/C15H28N4O.HI/c1-3-19-7-6-11(10-19)9-17-15(16-2)18-13-8-12-4-5-14(13)20-12;/h11-14H,3-10H2,1-2H3,(H2,16,17,18);1H. The third-order valence-corrected chi connectivity index (χ3v) is 5.03. The molecule has 2 N–H and O–H groups in total. The lowest BCUT2D eigenvalue weighted by atomic mass is 9.96. The monoisotopic (exact) mass is 408 g/mol. The second-order valence-electron chi connectivity index (χ2n) is 6.36. The molecule has 0 aliphatic carbocycles. The molecule has 3 rings (SSSR count). The zero-order valence-electron chi connectivity index (χ0n) is 13.2. The summed E-state index contributed by atoms with van der Waals surface area (Å²) >= 11 is 0. The molecule has 21 heavy (non-hydrogen) atoms. The maximum Gasteiger partial charge on any atom is 0.191 e. The van der Waals surface area contributed by atoms with Crippen LogP contribution in [0.5, 0.6) is 0 Å². The number of aliphatic imine (C=N–C) groups is 1. The molecule has 2 bridgehead atoms. The van der Waals surface area contributed by atoms with Crippen LogP contribution in [-0.2, 0) is 4.74 Å². The van der Waals surface area contributed by atoms with Crippen molar-refractivity contribution in [3.05, 3.63) is 0 Å². The van der Waals surface area contributed by atoms with Crippen molar-refractivity contribution in [2.75, 3.05) is 33.2 Å². The van der Waals surface area contributed by atoms with Gasteiger partial charge in [0.1, 0.15) is 0 Å². The zero-order valence-corrected chi connectivity index (χ0v) is 15.5. The van der Waals surface area contributed by atoms with Gasteiger partial charge in [0.15, 0.2) is 5.96 Å². The van der Waals surface area contributed by atoms with Gasteiger partial charge < -0.3 is 20.3 Å². The maximum atomic E-state index is 5.88. The summed E-state index contributed by atoms with van der Waals surface area (Å²) in [6.07, 6.45) is 5.77. The number of hydrogen-bond donors (Lipinski definition) is 2. The van der Waals surface area contributed by atoms with Crippen LogP contribution in [0.3, 0.4) is 0 Å². The van der Waals surface area contributed by atoms with Gasteiger partial charge in [-0.3, -0.25) is 4.99 Å². The molecule has 0 saturated carbocycles. The molecule has 0 radical (unpaired) electrons. The Morgan fingerprint density at radius 1 is 1.33 bits per heavy atom. The molecule has 0 aromatic heterocycles. The van der Waals surface area contributed by atoms with E-state index in [-0.39, 0.29) is 24.0 Å². The Balaban J connectivity index is 0.00000161. The number of guanidine groups is 1. The first kappa shape index (κ1) is 17.3. The van der Waals surface area contributed by atoms with E-state index >= 15 is 0 Å². The molecule has 4 atom stereocenters. The lowest BCUT2D eigenvalue weighted by molar-refractivity contribution is 0.0992. The predicted octanol–water partition coefficient (Wildman–Crippen LogP) is 1.43. The van der Waals surface area contributed by atoms with E-state index in [1.807, 2.05) is 7.05 Å². The fourth-order valence-electron chi connectivity index (χ4n) is 3.77. The van der Waals surface area contributed by atoms with E-state index in [0.29, 0.717) is 18.2 Å². The second kappa shape index (κ2) is 7.97. The molecule has 0 spiro atoms. The van der Waals surface area contributed by atoms with Crippen molar-refractivity contribution < 1.29 is 4.74 Å². The first-order valence-electron chi connectivity index (χ1n) is 8.13. The van der Waals surface area contributed by atoms with E-state index in [2.05, 4.69) is 27.4 Å². The molecule has 4 unspecified atom stereocenters. The zero-order chi connectivity index (χ0) is 13.9. The number of rotatable bonds is 4. The van der Waals surface area contributed by atoms with Gasteiger partial charge in [-0.15, -0.1) is 24.0 Å². The Hall–Kier alpha value is -0.0800. The number of likely N-dealkylation sites (tertiary alicyclic amines) is 1. The van der Waals surface area contributed by atoms with E-state index in [9.17, 15) is 0 Å². The summed E-state index contributed by atoms with van der Waals surface area (Å²) < 4.78 is 5.88. The Morgan fingerprint density at radius 3 is 2.76 bits per heavy atom. The van der Waals surface area contributed by atoms with Crippen molar-refractivity contribution >= 4 is 29.9 Å². The Kier molecular flexibility index (Phi) is 6.55. The van der Waals surface area contributed by atoms with Crippen LogP contribution in [-0.4, -0.2) is 62.3 Å². The summed E-state index contributed by atoms with van der Waals surface area (Å²) in [5, 5.41) is 7.05. The van der Waals surface area contributed by atoms with E-state index in [4.69, 9.17) is 4.74 Å². The third-order valence-electron chi connectivity index (χ3n) is 5.03. The minimum atomic E-state index is 0. The number of nitrogens with one attached hydrogen (secondary N) is 2. The lowest BCUT2D eigenvalue weighted by Crippen LogP contribution is -2.48. The van der Waals surface area contributed by atoms with Gasteiger partial charge in [0.25, 0.3) is 0 Å². The number of nitrogens with zero attached hydrogens (tertiary/aromatic N) is 2. The number of fused-ring (bicyclic) bond motifs is 2. The normalized spacial score (nSPS) is 35.8. The third kappa shape index (κ3) is 4.22. The molecule has 3 saturated heterocycles. The highest BCUT2D eigenvalue weighted by molar-refractivity contribution is 14.0. The largest absolute Gasteiger partial charge is 0.373 e. The van der Waals surface area contributed by atoms with Crippen molar-refractivity contribution in [1.82, 2.24) is 15.5 Å². The SMILES string of the molecule is CCN1CCC(CNC(=NC)NC2CC3CCC2O3)C1.I. The molecule has 0 aromatic carbocycles. The molecule has 6 heteroatoms. The summed E-state index contributed by atoms with van der Waals surface area (Å²) in [6.45, 7) is 6.90. The quantitative estimate of drug-likeness (QED) is 0.420. The Bertz CT molecular complexity index is 366. The van der Waals surface area contributed by atoms with E-state index in [1.54, 1.807) is 0 Å². The van der Waals surface area contributed by atoms with Crippen LogP contribution in [0.1, 0.15) is 32.6 Å². The minimum absolute atomic E-state index is 0. The molecule has 3 aliphatic heterocycles. The average molecular weight is 408 g/mol. The summed E-state index contributed by atoms with van der Waals surface area (Å²) in [7, 11) is 1.86. The van der Waals surface area contributed by atoms with Crippen molar-refractivity contribution in [3.63, 3.8) is 0 Å². The van der Waals surface area contributed by atoms with E-state index < -0.39 is 0 Å². The van der Waals surface area contributed by atoms with Crippen molar-refractivity contribution in [2.45, 2.75) is 50.9 Å². The van der Waals surface area contributed by atoms with Crippen LogP contribution >= 0.6 is 24.0 Å². The molecular formula is C15H29IN4O. The summed E-state index contributed by atoms with van der Waals surface area (Å²) in [5.74, 6) is 1.70. The molecular weight excluding hydrogens is 379 g/mol.